The molecule has 8 heteroatoms. The molecule has 0 radical (unpaired) electrons. The van der Waals surface area contributed by atoms with Crippen molar-refractivity contribution >= 4 is 10.9 Å². The van der Waals surface area contributed by atoms with E-state index < -0.39 is 5.82 Å². The summed E-state index contributed by atoms with van der Waals surface area (Å²) < 4.78 is 22.6. The quantitative estimate of drug-likeness (QED) is 0.510. The highest BCUT2D eigenvalue weighted by molar-refractivity contribution is 5.82. The standard InChI is InChI=1S/C25H25FN4O3/c1-17-24-22(30(27-25(24)32)21-5-3-2-4-20(21)26)14-23(31)29(17)16-19-8-6-18(7-9-19)15-28-10-12-33-13-11-28/h2-9,14H,10-13,15-16H2,1H3,(H,27,32). The molecule has 1 saturated heterocycles. The van der Waals surface area contributed by atoms with Crippen LogP contribution in [0.5, 0.6) is 0 Å². The maximum Gasteiger partial charge on any atom is 0.274 e. The van der Waals surface area contributed by atoms with E-state index in [2.05, 4.69) is 22.1 Å². The topological polar surface area (TPSA) is 72.3 Å². The molecular formula is C25H25FN4O3. The summed E-state index contributed by atoms with van der Waals surface area (Å²) in [6.45, 7) is 6.35. The zero-order chi connectivity index (χ0) is 22.9. The minimum atomic E-state index is -0.482. The number of fused-ring (bicyclic) bond motifs is 1. The summed E-state index contributed by atoms with van der Waals surface area (Å²) in [4.78, 5) is 28.1. The molecule has 0 unspecified atom stereocenters. The van der Waals surface area contributed by atoms with Crippen molar-refractivity contribution in [1.29, 1.82) is 0 Å². The van der Waals surface area contributed by atoms with Crippen molar-refractivity contribution in [3.63, 3.8) is 0 Å². The number of nitrogens with zero attached hydrogens (tertiary/aromatic N) is 3. The lowest BCUT2D eigenvalue weighted by atomic mass is 10.1. The fraction of sp³-hybridized carbons (Fsp3) is 0.280. The first-order valence-corrected chi connectivity index (χ1v) is 11.0. The number of hydrogen-bond acceptors (Lipinski definition) is 4. The van der Waals surface area contributed by atoms with E-state index in [0.717, 1.165) is 38.4 Å². The van der Waals surface area contributed by atoms with Crippen LogP contribution in [0.1, 0.15) is 16.8 Å². The van der Waals surface area contributed by atoms with Gasteiger partial charge in [0.1, 0.15) is 5.82 Å². The third-order valence-electron chi connectivity index (χ3n) is 6.20. The number of ether oxygens (including phenoxy) is 1. The molecule has 33 heavy (non-hydrogen) atoms. The average molecular weight is 448 g/mol. The molecule has 0 atom stereocenters. The van der Waals surface area contributed by atoms with Gasteiger partial charge in [-0.2, -0.15) is 0 Å². The van der Waals surface area contributed by atoms with Gasteiger partial charge in [-0.15, -0.1) is 0 Å². The summed E-state index contributed by atoms with van der Waals surface area (Å²) in [5, 5.41) is 3.05. The first-order valence-electron chi connectivity index (χ1n) is 11.0. The molecule has 4 aromatic rings. The van der Waals surface area contributed by atoms with E-state index in [4.69, 9.17) is 4.74 Å². The Morgan fingerprint density at radius 2 is 1.64 bits per heavy atom. The number of nitrogens with one attached hydrogen (secondary N) is 1. The number of para-hydroxylation sites is 1. The molecule has 1 aliphatic rings. The Labute approximate surface area is 189 Å². The highest BCUT2D eigenvalue weighted by Gasteiger charge is 2.17. The number of aromatic nitrogens is 3. The number of morpholine rings is 1. The molecule has 7 nitrogen and oxygen atoms in total. The van der Waals surface area contributed by atoms with Crippen LogP contribution in [0, 0.1) is 12.7 Å². The van der Waals surface area contributed by atoms with Crippen molar-refractivity contribution < 1.29 is 9.13 Å². The first-order chi connectivity index (χ1) is 16.0. The number of aryl methyl sites for hydroxylation is 1. The normalized spacial score (nSPS) is 14.7. The summed E-state index contributed by atoms with van der Waals surface area (Å²) in [5.41, 5.74) is 2.67. The summed E-state index contributed by atoms with van der Waals surface area (Å²) in [7, 11) is 0. The van der Waals surface area contributed by atoms with Crippen LogP contribution >= 0.6 is 0 Å². The number of halogens is 1. The largest absolute Gasteiger partial charge is 0.379 e. The van der Waals surface area contributed by atoms with Crippen LogP contribution in [0.4, 0.5) is 4.39 Å². The molecule has 3 heterocycles. The van der Waals surface area contributed by atoms with E-state index in [1.165, 1.54) is 22.4 Å². The lowest BCUT2D eigenvalue weighted by Gasteiger charge is -2.26. The highest BCUT2D eigenvalue weighted by atomic mass is 19.1. The maximum atomic E-state index is 14.3. The van der Waals surface area contributed by atoms with Crippen molar-refractivity contribution in [2.45, 2.75) is 20.0 Å². The van der Waals surface area contributed by atoms with Crippen LogP contribution in [-0.2, 0) is 17.8 Å². The zero-order valence-electron chi connectivity index (χ0n) is 18.4. The van der Waals surface area contributed by atoms with E-state index in [0.29, 0.717) is 23.1 Å². The Bertz CT molecular complexity index is 1410. The van der Waals surface area contributed by atoms with Gasteiger partial charge in [0.25, 0.3) is 11.1 Å². The molecule has 0 saturated carbocycles. The Morgan fingerprint density at radius 3 is 2.33 bits per heavy atom. The molecule has 1 fully saturated rings. The predicted molar refractivity (Wildman–Crippen MR) is 124 cm³/mol. The van der Waals surface area contributed by atoms with E-state index in [-0.39, 0.29) is 16.8 Å². The van der Waals surface area contributed by atoms with Crippen LogP contribution in [0.3, 0.4) is 0 Å². The summed E-state index contributed by atoms with van der Waals surface area (Å²) in [5.74, 6) is -0.482. The number of pyridine rings is 1. The van der Waals surface area contributed by atoms with E-state index >= 15 is 0 Å². The van der Waals surface area contributed by atoms with Gasteiger partial charge in [-0.05, 0) is 30.2 Å². The number of hydrogen-bond donors (Lipinski definition) is 1. The second-order valence-electron chi connectivity index (χ2n) is 8.35. The van der Waals surface area contributed by atoms with Gasteiger partial charge >= 0.3 is 0 Å². The minimum Gasteiger partial charge on any atom is -0.379 e. The third-order valence-corrected chi connectivity index (χ3v) is 6.20. The van der Waals surface area contributed by atoms with Crippen LogP contribution < -0.4 is 11.1 Å². The number of aromatic amines is 1. The Hall–Kier alpha value is -3.49. The second-order valence-corrected chi connectivity index (χ2v) is 8.35. The van der Waals surface area contributed by atoms with Crippen LogP contribution in [0.2, 0.25) is 0 Å². The molecule has 0 spiro atoms. The number of H-pyrrole nitrogens is 1. The highest BCUT2D eigenvalue weighted by Crippen LogP contribution is 2.20. The summed E-state index contributed by atoms with van der Waals surface area (Å²) >= 11 is 0. The smallest absolute Gasteiger partial charge is 0.274 e. The van der Waals surface area contributed by atoms with Crippen molar-refractivity contribution in [3.05, 3.63) is 97.9 Å². The summed E-state index contributed by atoms with van der Waals surface area (Å²) in [6, 6.07) is 15.7. The van der Waals surface area contributed by atoms with Crippen LogP contribution in [-0.4, -0.2) is 45.6 Å². The average Bonchev–Trinajstić information content (AvgIpc) is 3.14. The molecule has 1 N–H and O–H groups in total. The minimum absolute atomic E-state index is 0.192. The molecule has 0 bridgehead atoms. The van der Waals surface area contributed by atoms with Gasteiger partial charge in [0.2, 0.25) is 0 Å². The van der Waals surface area contributed by atoms with Gasteiger partial charge in [0.15, 0.2) is 0 Å². The lowest BCUT2D eigenvalue weighted by Crippen LogP contribution is -2.35. The van der Waals surface area contributed by atoms with Gasteiger partial charge in [0.05, 0.1) is 36.3 Å². The third kappa shape index (κ3) is 4.15. The summed E-state index contributed by atoms with van der Waals surface area (Å²) in [6.07, 6.45) is 0. The lowest BCUT2D eigenvalue weighted by molar-refractivity contribution is 0.0342. The van der Waals surface area contributed by atoms with Gasteiger partial charge in [-0.3, -0.25) is 19.6 Å². The van der Waals surface area contributed by atoms with Crippen molar-refractivity contribution in [1.82, 2.24) is 19.2 Å². The Kier molecular flexibility index (Phi) is 5.70. The van der Waals surface area contributed by atoms with Crippen LogP contribution in [0.25, 0.3) is 16.6 Å². The molecule has 2 aromatic heterocycles. The molecule has 170 valence electrons. The fourth-order valence-electron chi connectivity index (χ4n) is 4.40. The molecule has 2 aromatic carbocycles. The zero-order valence-corrected chi connectivity index (χ0v) is 18.4. The maximum absolute atomic E-state index is 14.3. The van der Waals surface area contributed by atoms with Crippen molar-refractivity contribution in [2.75, 3.05) is 26.3 Å². The SMILES string of the molecule is Cc1c2c(=O)[nH]n(-c3ccccc3F)c2cc(=O)n1Cc1ccc(CN2CCOCC2)cc1. The second kappa shape index (κ2) is 8.80. The molecule has 0 amide bonds. The Morgan fingerprint density at radius 1 is 0.970 bits per heavy atom. The van der Waals surface area contributed by atoms with E-state index in [1.807, 2.05) is 12.1 Å². The first kappa shape index (κ1) is 21.4. The predicted octanol–water partition coefficient (Wildman–Crippen LogP) is 2.81. The van der Waals surface area contributed by atoms with E-state index in [9.17, 15) is 14.0 Å². The van der Waals surface area contributed by atoms with Crippen molar-refractivity contribution in [3.8, 4) is 5.69 Å². The molecule has 0 aliphatic carbocycles. The van der Waals surface area contributed by atoms with Crippen LogP contribution in [0.15, 0.2) is 64.2 Å². The fourth-order valence-corrected chi connectivity index (χ4v) is 4.40. The van der Waals surface area contributed by atoms with Gasteiger partial charge in [-0.1, -0.05) is 36.4 Å². The van der Waals surface area contributed by atoms with E-state index in [1.54, 1.807) is 29.7 Å². The number of rotatable bonds is 5. The monoisotopic (exact) mass is 448 g/mol. The van der Waals surface area contributed by atoms with Gasteiger partial charge in [0, 0.05) is 31.4 Å². The van der Waals surface area contributed by atoms with Gasteiger partial charge < -0.3 is 9.30 Å². The Balaban J connectivity index is 1.46. The molecule has 5 rings (SSSR count). The van der Waals surface area contributed by atoms with Gasteiger partial charge in [-0.25, -0.2) is 9.07 Å². The number of benzene rings is 2. The molecule has 1 aliphatic heterocycles. The molecular weight excluding hydrogens is 423 g/mol. The van der Waals surface area contributed by atoms with Crippen molar-refractivity contribution in [2.24, 2.45) is 0 Å².